The fraction of sp³-hybridized carbons (Fsp3) is 0.636. The lowest BCUT2D eigenvalue weighted by molar-refractivity contribution is -0.134. The molecule has 2 rings (SSSR count). The van der Waals surface area contributed by atoms with E-state index >= 15 is 0 Å². The highest BCUT2D eigenvalue weighted by Gasteiger charge is 2.32. The van der Waals surface area contributed by atoms with E-state index in [0.29, 0.717) is 24.8 Å². The lowest BCUT2D eigenvalue weighted by atomic mass is 10.0. The summed E-state index contributed by atoms with van der Waals surface area (Å²) in [7, 11) is 0. The minimum atomic E-state index is -0.263. The van der Waals surface area contributed by atoms with E-state index in [0.717, 1.165) is 5.57 Å². The van der Waals surface area contributed by atoms with Crippen molar-refractivity contribution in [1.29, 1.82) is 0 Å². The number of aliphatic imine (C=N–C) groups is 1. The normalized spacial score (nSPS) is 21.1. The summed E-state index contributed by atoms with van der Waals surface area (Å²) in [6.45, 7) is 4.93. The molecule has 14 heavy (non-hydrogen) atoms. The molecule has 1 aliphatic carbocycles. The molecule has 1 heterocycles. The standard InChI is InChI=1S/C11H15NO2/c1-3-14-11(13)10-7(2)9(6-12-10)8-4-5-8/h8H,3-6H2,1-2H3. The van der Waals surface area contributed by atoms with Crippen LogP contribution in [0, 0.1) is 5.92 Å². The molecule has 0 atom stereocenters. The molecule has 1 fully saturated rings. The van der Waals surface area contributed by atoms with Crippen molar-refractivity contribution in [3.05, 3.63) is 11.1 Å². The molecule has 0 bridgehead atoms. The number of hydrogen-bond donors (Lipinski definition) is 0. The number of rotatable bonds is 3. The van der Waals surface area contributed by atoms with Gasteiger partial charge in [-0.3, -0.25) is 4.99 Å². The average Bonchev–Trinajstić information content (AvgIpc) is 2.91. The van der Waals surface area contributed by atoms with Crippen molar-refractivity contribution in [1.82, 2.24) is 0 Å². The van der Waals surface area contributed by atoms with Gasteiger partial charge < -0.3 is 4.74 Å². The van der Waals surface area contributed by atoms with Crippen LogP contribution in [0.2, 0.25) is 0 Å². The number of hydrogen-bond acceptors (Lipinski definition) is 3. The maximum Gasteiger partial charge on any atom is 0.356 e. The minimum Gasteiger partial charge on any atom is -0.461 e. The highest BCUT2D eigenvalue weighted by Crippen LogP contribution is 2.40. The Balaban J connectivity index is 2.10. The summed E-state index contributed by atoms with van der Waals surface area (Å²) in [6, 6.07) is 0. The molecule has 0 aromatic carbocycles. The Kier molecular flexibility index (Phi) is 2.40. The van der Waals surface area contributed by atoms with Crippen molar-refractivity contribution in [2.75, 3.05) is 13.2 Å². The molecule has 0 saturated heterocycles. The van der Waals surface area contributed by atoms with Crippen molar-refractivity contribution in [2.24, 2.45) is 10.9 Å². The van der Waals surface area contributed by atoms with Crippen LogP contribution in [0.1, 0.15) is 26.7 Å². The third-order valence-electron chi connectivity index (χ3n) is 2.78. The minimum absolute atomic E-state index is 0.263. The highest BCUT2D eigenvalue weighted by molar-refractivity contribution is 6.43. The fourth-order valence-electron chi connectivity index (χ4n) is 1.84. The molecular weight excluding hydrogens is 178 g/mol. The number of carbonyl (C=O) groups is 1. The van der Waals surface area contributed by atoms with Crippen molar-refractivity contribution >= 4 is 11.7 Å². The number of carbonyl (C=O) groups excluding carboxylic acids is 1. The van der Waals surface area contributed by atoms with Crippen molar-refractivity contribution in [3.8, 4) is 0 Å². The van der Waals surface area contributed by atoms with E-state index in [-0.39, 0.29) is 5.97 Å². The van der Waals surface area contributed by atoms with Crippen LogP contribution in [-0.4, -0.2) is 24.8 Å². The smallest absolute Gasteiger partial charge is 0.356 e. The molecule has 0 amide bonds. The molecule has 76 valence electrons. The third-order valence-corrected chi connectivity index (χ3v) is 2.78. The van der Waals surface area contributed by atoms with Crippen molar-refractivity contribution in [3.63, 3.8) is 0 Å². The molecule has 0 aromatic heterocycles. The molecule has 0 radical (unpaired) electrons. The molecule has 3 nitrogen and oxygen atoms in total. The van der Waals surface area contributed by atoms with Crippen LogP contribution in [0.15, 0.2) is 16.1 Å². The zero-order chi connectivity index (χ0) is 10.1. The van der Waals surface area contributed by atoms with E-state index in [9.17, 15) is 4.79 Å². The van der Waals surface area contributed by atoms with E-state index < -0.39 is 0 Å². The molecule has 1 aliphatic heterocycles. The van der Waals surface area contributed by atoms with Gasteiger partial charge in [-0.15, -0.1) is 0 Å². The van der Waals surface area contributed by atoms with Gasteiger partial charge in [-0.05, 0) is 43.8 Å². The van der Waals surface area contributed by atoms with Gasteiger partial charge in [-0.1, -0.05) is 0 Å². The Bertz CT molecular complexity index is 324. The van der Waals surface area contributed by atoms with Gasteiger partial charge in [0.1, 0.15) is 5.71 Å². The molecule has 0 unspecified atom stereocenters. The van der Waals surface area contributed by atoms with Gasteiger partial charge in [0.2, 0.25) is 0 Å². The number of ether oxygens (including phenoxy) is 1. The largest absolute Gasteiger partial charge is 0.461 e. The summed E-state index contributed by atoms with van der Waals surface area (Å²) in [5, 5.41) is 0. The summed E-state index contributed by atoms with van der Waals surface area (Å²) < 4.78 is 4.94. The first kappa shape index (κ1) is 9.44. The molecular formula is C11H15NO2. The predicted molar refractivity (Wildman–Crippen MR) is 54.4 cm³/mol. The second-order valence-corrected chi connectivity index (χ2v) is 3.81. The SMILES string of the molecule is CCOC(=O)C1=NCC(C2CC2)=C1C. The van der Waals surface area contributed by atoms with Gasteiger partial charge in [0.25, 0.3) is 0 Å². The summed E-state index contributed by atoms with van der Waals surface area (Å²) in [5.41, 5.74) is 2.97. The quantitative estimate of drug-likeness (QED) is 0.640. The van der Waals surface area contributed by atoms with Crippen LogP contribution in [-0.2, 0) is 9.53 Å². The van der Waals surface area contributed by atoms with E-state index in [1.54, 1.807) is 0 Å². The maximum atomic E-state index is 11.5. The van der Waals surface area contributed by atoms with Crippen LogP contribution in [0.4, 0.5) is 0 Å². The van der Waals surface area contributed by atoms with E-state index in [2.05, 4.69) is 4.99 Å². The monoisotopic (exact) mass is 193 g/mol. The van der Waals surface area contributed by atoms with Crippen LogP contribution in [0.5, 0.6) is 0 Å². The molecule has 2 aliphatic rings. The lowest BCUT2D eigenvalue weighted by Crippen LogP contribution is -2.17. The first-order valence-corrected chi connectivity index (χ1v) is 5.15. The first-order chi connectivity index (χ1) is 6.74. The second-order valence-electron chi connectivity index (χ2n) is 3.81. The first-order valence-electron chi connectivity index (χ1n) is 5.15. The fourth-order valence-corrected chi connectivity index (χ4v) is 1.84. The Hall–Kier alpha value is -1.12. The molecule has 3 heteroatoms. The predicted octanol–water partition coefficient (Wildman–Crippen LogP) is 1.73. The van der Waals surface area contributed by atoms with Gasteiger partial charge >= 0.3 is 5.97 Å². The van der Waals surface area contributed by atoms with Crippen LogP contribution in [0.3, 0.4) is 0 Å². The number of nitrogens with zero attached hydrogens (tertiary/aromatic N) is 1. The maximum absolute atomic E-state index is 11.5. The summed E-state index contributed by atoms with van der Waals surface area (Å²) in [4.78, 5) is 15.7. The summed E-state index contributed by atoms with van der Waals surface area (Å²) in [6.07, 6.45) is 2.52. The Morgan fingerprint density at radius 1 is 1.57 bits per heavy atom. The van der Waals surface area contributed by atoms with Gasteiger partial charge in [0, 0.05) is 0 Å². The van der Waals surface area contributed by atoms with Crippen LogP contribution in [0.25, 0.3) is 0 Å². The van der Waals surface area contributed by atoms with Gasteiger partial charge in [-0.2, -0.15) is 0 Å². The Labute approximate surface area is 83.9 Å². The van der Waals surface area contributed by atoms with Gasteiger partial charge in [0.15, 0.2) is 0 Å². The van der Waals surface area contributed by atoms with Crippen molar-refractivity contribution in [2.45, 2.75) is 26.7 Å². The van der Waals surface area contributed by atoms with Crippen LogP contribution >= 0.6 is 0 Å². The average molecular weight is 193 g/mol. The molecule has 0 N–H and O–H groups in total. The number of esters is 1. The molecule has 0 aromatic rings. The molecule has 1 saturated carbocycles. The van der Waals surface area contributed by atoms with Gasteiger partial charge in [0.05, 0.1) is 13.2 Å². The summed E-state index contributed by atoms with van der Waals surface area (Å²) >= 11 is 0. The second kappa shape index (κ2) is 3.56. The van der Waals surface area contributed by atoms with E-state index in [4.69, 9.17) is 4.74 Å². The Morgan fingerprint density at radius 2 is 2.29 bits per heavy atom. The zero-order valence-electron chi connectivity index (χ0n) is 8.67. The van der Waals surface area contributed by atoms with E-state index in [1.165, 1.54) is 18.4 Å². The third kappa shape index (κ3) is 1.59. The topological polar surface area (TPSA) is 38.7 Å². The van der Waals surface area contributed by atoms with E-state index in [1.807, 2.05) is 13.8 Å². The van der Waals surface area contributed by atoms with Gasteiger partial charge in [-0.25, -0.2) is 4.79 Å². The molecule has 0 spiro atoms. The summed E-state index contributed by atoms with van der Waals surface area (Å²) in [5.74, 6) is 0.436. The lowest BCUT2D eigenvalue weighted by Gasteiger charge is -2.03. The Morgan fingerprint density at radius 3 is 2.86 bits per heavy atom. The van der Waals surface area contributed by atoms with Crippen LogP contribution < -0.4 is 0 Å². The highest BCUT2D eigenvalue weighted by atomic mass is 16.5. The zero-order valence-corrected chi connectivity index (χ0v) is 8.67. The van der Waals surface area contributed by atoms with Crippen molar-refractivity contribution < 1.29 is 9.53 Å².